The van der Waals surface area contributed by atoms with Gasteiger partial charge in [-0.2, -0.15) is 0 Å². The molecule has 2 heteroatoms. The van der Waals surface area contributed by atoms with Crippen LogP contribution in [-0.4, -0.2) is 13.7 Å². The number of rotatable bonds is 8. The molecule has 0 aliphatic rings. The SMILES string of the molecule is CCCNC(c1ccc(C)c(C)c1OC)C(CC)CC. The number of benzene rings is 1. The van der Waals surface area contributed by atoms with Crippen LogP contribution in [-0.2, 0) is 0 Å². The van der Waals surface area contributed by atoms with E-state index < -0.39 is 0 Å². The molecule has 0 heterocycles. The van der Waals surface area contributed by atoms with Gasteiger partial charge < -0.3 is 10.1 Å². The van der Waals surface area contributed by atoms with Crippen molar-refractivity contribution in [2.24, 2.45) is 5.92 Å². The van der Waals surface area contributed by atoms with E-state index in [1.807, 2.05) is 0 Å². The lowest BCUT2D eigenvalue weighted by Crippen LogP contribution is -2.29. The molecule has 1 aromatic carbocycles. The first-order valence-corrected chi connectivity index (χ1v) is 7.98. The minimum atomic E-state index is 0.388. The highest BCUT2D eigenvalue weighted by atomic mass is 16.5. The standard InChI is InChI=1S/C18H31NO/c1-7-12-19-17(15(8-2)9-3)16-11-10-13(4)14(5)18(16)20-6/h10-11,15,17,19H,7-9,12H2,1-6H3. The second-order valence-corrected chi connectivity index (χ2v) is 5.64. The smallest absolute Gasteiger partial charge is 0.126 e. The van der Waals surface area contributed by atoms with Crippen molar-refractivity contribution in [2.45, 2.75) is 59.9 Å². The van der Waals surface area contributed by atoms with Gasteiger partial charge in [-0.05, 0) is 43.9 Å². The Hall–Kier alpha value is -1.02. The molecule has 1 rings (SSSR count). The molecule has 0 aliphatic heterocycles. The summed E-state index contributed by atoms with van der Waals surface area (Å²) in [5.74, 6) is 1.71. The predicted molar refractivity (Wildman–Crippen MR) is 87.6 cm³/mol. The molecule has 0 bridgehead atoms. The molecule has 0 radical (unpaired) electrons. The Morgan fingerprint density at radius 2 is 1.75 bits per heavy atom. The van der Waals surface area contributed by atoms with Crippen LogP contribution in [0.3, 0.4) is 0 Å². The van der Waals surface area contributed by atoms with Crippen LogP contribution < -0.4 is 10.1 Å². The van der Waals surface area contributed by atoms with Crippen molar-refractivity contribution in [1.82, 2.24) is 5.32 Å². The summed E-state index contributed by atoms with van der Waals surface area (Å²) < 4.78 is 5.72. The molecule has 2 nitrogen and oxygen atoms in total. The minimum Gasteiger partial charge on any atom is -0.496 e. The Bertz CT molecular complexity index is 410. The van der Waals surface area contributed by atoms with Gasteiger partial charge in [0, 0.05) is 11.6 Å². The van der Waals surface area contributed by atoms with Crippen molar-refractivity contribution in [2.75, 3.05) is 13.7 Å². The first-order chi connectivity index (χ1) is 9.60. The third-order valence-corrected chi connectivity index (χ3v) is 4.38. The van der Waals surface area contributed by atoms with E-state index in [0.717, 1.165) is 18.7 Å². The van der Waals surface area contributed by atoms with Crippen molar-refractivity contribution < 1.29 is 4.74 Å². The highest BCUT2D eigenvalue weighted by Gasteiger charge is 2.24. The number of methoxy groups -OCH3 is 1. The maximum Gasteiger partial charge on any atom is 0.126 e. The lowest BCUT2D eigenvalue weighted by atomic mass is 9.86. The van der Waals surface area contributed by atoms with Gasteiger partial charge in [0.1, 0.15) is 5.75 Å². The summed E-state index contributed by atoms with van der Waals surface area (Å²) in [6.45, 7) is 12.1. The normalized spacial score (nSPS) is 12.8. The summed E-state index contributed by atoms with van der Waals surface area (Å²) in [4.78, 5) is 0. The Kier molecular flexibility index (Phi) is 7.08. The number of hydrogen-bond acceptors (Lipinski definition) is 2. The second kappa shape index (κ2) is 8.31. The zero-order valence-electron chi connectivity index (χ0n) is 14.0. The van der Waals surface area contributed by atoms with E-state index in [2.05, 4.69) is 52.1 Å². The maximum atomic E-state index is 5.72. The molecule has 20 heavy (non-hydrogen) atoms. The van der Waals surface area contributed by atoms with E-state index in [4.69, 9.17) is 4.74 Å². The van der Waals surface area contributed by atoms with Crippen LogP contribution in [0.25, 0.3) is 0 Å². The molecule has 0 spiro atoms. The highest BCUT2D eigenvalue weighted by Crippen LogP contribution is 2.36. The Morgan fingerprint density at radius 3 is 2.25 bits per heavy atom. The molecule has 0 aromatic heterocycles. The van der Waals surface area contributed by atoms with Gasteiger partial charge in [0.2, 0.25) is 0 Å². The van der Waals surface area contributed by atoms with Crippen LogP contribution in [0.1, 0.15) is 62.8 Å². The van der Waals surface area contributed by atoms with Gasteiger partial charge in [-0.3, -0.25) is 0 Å². The maximum absolute atomic E-state index is 5.72. The van der Waals surface area contributed by atoms with Crippen LogP contribution in [0.5, 0.6) is 5.75 Å². The average molecular weight is 277 g/mol. The predicted octanol–water partition coefficient (Wildman–Crippen LogP) is 4.79. The molecular formula is C18H31NO. The summed E-state index contributed by atoms with van der Waals surface area (Å²) >= 11 is 0. The molecule has 0 saturated heterocycles. The Morgan fingerprint density at radius 1 is 1.10 bits per heavy atom. The molecule has 1 N–H and O–H groups in total. The van der Waals surface area contributed by atoms with Gasteiger partial charge in [0.25, 0.3) is 0 Å². The van der Waals surface area contributed by atoms with E-state index in [0.29, 0.717) is 12.0 Å². The van der Waals surface area contributed by atoms with Gasteiger partial charge in [0.15, 0.2) is 0 Å². The van der Waals surface area contributed by atoms with Crippen molar-refractivity contribution in [3.63, 3.8) is 0 Å². The van der Waals surface area contributed by atoms with Gasteiger partial charge in [-0.25, -0.2) is 0 Å². The molecule has 1 aromatic rings. The largest absolute Gasteiger partial charge is 0.496 e. The van der Waals surface area contributed by atoms with Crippen LogP contribution in [0.4, 0.5) is 0 Å². The molecular weight excluding hydrogens is 246 g/mol. The summed E-state index contributed by atoms with van der Waals surface area (Å²) in [7, 11) is 1.79. The van der Waals surface area contributed by atoms with Crippen LogP contribution >= 0.6 is 0 Å². The first-order valence-electron chi connectivity index (χ1n) is 7.98. The molecule has 0 fully saturated rings. The molecule has 1 atom stereocenters. The fourth-order valence-corrected chi connectivity index (χ4v) is 2.92. The molecule has 114 valence electrons. The van der Waals surface area contributed by atoms with Crippen LogP contribution in [0.2, 0.25) is 0 Å². The number of hydrogen-bond donors (Lipinski definition) is 1. The van der Waals surface area contributed by atoms with Crippen LogP contribution in [0.15, 0.2) is 12.1 Å². The van der Waals surface area contributed by atoms with Crippen molar-refractivity contribution >= 4 is 0 Å². The Labute approximate surface area is 124 Å². The quantitative estimate of drug-likeness (QED) is 0.737. The molecule has 0 aliphatic carbocycles. The Balaban J connectivity index is 3.21. The lowest BCUT2D eigenvalue weighted by Gasteiger charge is -2.29. The van der Waals surface area contributed by atoms with E-state index in [1.165, 1.54) is 29.5 Å². The monoisotopic (exact) mass is 277 g/mol. The van der Waals surface area contributed by atoms with Gasteiger partial charge in [0.05, 0.1) is 7.11 Å². The summed E-state index contributed by atoms with van der Waals surface area (Å²) in [6.07, 6.45) is 3.53. The minimum absolute atomic E-state index is 0.388. The van der Waals surface area contributed by atoms with Crippen molar-refractivity contribution in [3.8, 4) is 5.75 Å². The van der Waals surface area contributed by atoms with E-state index in [9.17, 15) is 0 Å². The number of ether oxygens (including phenoxy) is 1. The third kappa shape index (κ3) is 3.76. The van der Waals surface area contributed by atoms with Crippen molar-refractivity contribution in [1.29, 1.82) is 0 Å². The fourth-order valence-electron chi connectivity index (χ4n) is 2.92. The zero-order valence-corrected chi connectivity index (χ0v) is 14.0. The number of aryl methyl sites for hydroxylation is 1. The average Bonchev–Trinajstić information content (AvgIpc) is 2.46. The van der Waals surface area contributed by atoms with Gasteiger partial charge in [-0.1, -0.05) is 45.7 Å². The van der Waals surface area contributed by atoms with Crippen LogP contribution in [0, 0.1) is 19.8 Å². The topological polar surface area (TPSA) is 21.3 Å². The molecule has 1 unspecified atom stereocenters. The van der Waals surface area contributed by atoms with E-state index in [-0.39, 0.29) is 0 Å². The molecule has 0 amide bonds. The van der Waals surface area contributed by atoms with E-state index in [1.54, 1.807) is 7.11 Å². The zero-order chi connectivity index (χ0) is 15.1. The molecule has 0 saturated carbocycles. The lowest BCUT2D eigenvalue weighted by molar-refractivity contribution is 0.325. The van der Waals surface area contributed by atoms with Gasteiger partial charge in [-0.15, -0.1) is 0 Å². The number of nitrogens with one attached hydrogen (secondary N) is 1. The second-order valence-electron chi connectivity index (χ2n) is 5.64. The summed E-state index contributed by atoms with van der Waals surface area (Å²) in [6, 6.07) is 4.85. The van der Waals surface area contributed by atoms with Crippen molar-refractivity contribution in [3.05, 3.63) is 28.8 Å². The fraction of sp³-hybridized carbons (Fsp3) is 0.667. The summed E-state index contributed by atoms with van der Waals surface area (Å²) in [5.41, 5.74) is 3.88. The summed E-state index contributed by atoms with van der Waals surface area (Å²) in [5, 5.41) is 3.73. The van der Waals surface area contributed by atoms with E-state index >= 15 is 0 Å². The third-order valence-electron chi connectivity index (χ3n) is 4.38. The highest BCUT2D eigenvalue weighted by molar-refractivity contribution is 5.47. The first kappa shape index (κ1) is 17.0. The van der Waals surface area contributed by atoms with Gasteiger partial charge >= 0.3 is 0 Å².